The molecule has 0 amide bonds. The zero-order chi connectivity index (χ0) is 15.0. The molecular formula is C19H20N2S. The van der Waals surface area contributed by atoms with Crippen LogP contribution in [0.25, 0.3) is 0 Å². The zero-order valence-corrected chi connectivity index (χ0v) is 13.4. The fourth-order valence-electron chi connectivity index (χ4n) is 2.52. The Morgan fingerprint density at radius 1 is 0.864 bits per heavy atom. The number of hydrogen-bond acceptors (Lipinski definition) is 3. The molecule has 0 atom stereocenters. The summed E-state index contributed by atoms with van der Waals surface area (Å²) in [5.74, 6) is 0. The van der Waals surface area contributed by atoms with Crippen LogP contribution in [-0.2, 0) is 19.5 Å². The van der Waals surface area contributed by atoms with E-state index in [1.165, 1.54) is 16.0 Å². The van der Waals surface area contributed by atoms with Gasteiger partial charge in [0.25, 0.3) is 0 Å². The van der Waals surface area contributed by atoms with Gasteiger partial charge in [0.05, 0.1) is 0 Å². The molecule has 1 aromatic carbocycles. The van der Waals surface area contributed by atoms with Gasteiger partial charge in [-0.05, 0) is 35.1 Å². The second-order valence-electron chi connectivity index (χ2n) is 5.39. The molecule has 112 valence electrons. The van der Waals surface area contributed by atoms with Gasteiger partial charge >= 0.3 is 0 Å². The normalized spacial score (nSPS) is 11.0. The van der Waals surface area contributed by atoms with Crippen LogP contribution in [-0.4, -0.2) is 16.4 Å². The Morgan fingerprint density at radius 3 is 2.45 bits per heavy atom. The second-order valence-corrected chi connectivity index (χ2v) is 6.42. The van der Waals surface area contributed by atoms with Gasteiger partial charge < -0.3 is 0 Å². The van der Waals surface area contributed by atoms with E-state index in [9.17, 15) is 0 Å². The standard InChI is InChI=1S/C19H20N2S/c1-2-6-17(7-3-1)10-12-21(16-19-9-5-13-22-19)15-18-8-4-11-20-14-18/h1-9,11,13-14H,10,12,15-16H2. The van der Waals surface area contributed by atoms with Crippen molar-refractivity contribution in [3.8, 4) is 0 Å². The second kappa shape index (κ2) is 7.87. The molecule has 0 aliphatic heterocycles. The maximum Gasteiger partial charge on any atom is 0.0331 e. The quantitative estimate of drug-likeness (QED) is 0.643. The molecule has 2 aromatic heterocycles. The molecule has 0 aliphatic carbocycles. The minimum Gasteiger partial charge on any atom is -0.294 e. The van der Waals surface area contributed by atoms with E-state index in [1.54, 1.807) is 0 Å². The van der Waals surface area contributed by atoms with Crippen molar-refractivity contribution in [3.63, 3.8) is 0 Å². The average Bonchev–Trinajstić information content (AvgIpc) is 3.08. The maximum absolute atomic E-state index is 4.23. The number of pyridine rings is 1. The molecule has 0 spiro atoms. The van der Waals surface area contributed by atoms with E-state index < -0.39 is 0 Å². The third kappa shape index (κ3) is 4.52. The average molecular weight is 308 g/mol. The highest BCUT2D eigenvalue weighted by atomic mass is 32.1. The fraction of sp³-hybridized carbons (Fsp3) is 0.211. The molecule has 0 unspecified atom stereocenters. The molecule has 3 rings (SSSR count). The summed E-state index contributed by atoms with van der Waals surface area (Å²) >= 11 is 1.83. The molecule has 3 aromatic rings. The van der Waals surface area contributed by atoms with Gasteiger partial charge in [0.15, 0.2) is 0 Å². The van der Waals surface area contributed by atoms with Crippen molar-refractivity contribution in [3.05, 3.63) is 88.4 Å². The van der Waals surface area contributed by atoms with E-state index in [0.717, 1.165) is 26.1 Å². The monoisotopic (exact) mass is 308 g/mol. The van der Waals surface area contributed by atoms with Gasteiger partial charge in [-0.3, -0.25) is 9.88 Å². The molecule has 0 N–H and O–H groups in total. The molecule has 22 heavy (non-hydrogen) atoms. The summed E-state index contributed by atoms with van der Waals surface area (Å²) in [7, 11) is 0. The number of aromatic nitrogens is 1. The van der Waals surface area contributed by atoms with Gasteiger partial charge in [-0.15, -0.1) is 11.3 Å². The van der Waals surface area contributed by atoms with E-state index in [0.29, 0.717) is 0 Å². The highest BCUT2D eigenvalue weighted by Crippen LogP contribution is 2.15. The first-order valence-corrected chi connectivity index (χ1v) is 8.46. The predicted molar refractivity (Wildman–Crippen MR) is 92.8 cm³/mol. The first-order valence-electron chi connectivity index (χ1n) is 7.58. The van der Waals surface area contributed by atoms with Crippen molar-refractivity contribution in [2.75, 3.05) is 6.54 Å². The van der Waals surface area contributed by atoms with Crippen LogP contribution in [0.1, 0.15) is 16.0 Å². The molecule has 2 heterocycles. The van der Waals surface area contributed by atoms with Crippen molar-refractivity contribution in [1.82, 2.24) is 9.88 Å². The van der Waals surface area contributed by atoms with Crippen LogP contribution in [0.5, 0.6) is 0 Å². The van der Waals surface area contributed by atoms with Crippen LogP contribution in [0.2, 0.25) is 0 Å². The van der Waals surface area contributed by atoms with Crippen LogP contribution in [0.4, 0.5) is 0 Å². The molecular weight excluding hydrogens is 288 g/mol. The van der Waals surface area contributed by atoms with Gasteiger partial charge in [0, 0.05) is 36.9 Å². The molecule has 0 aliphatic rings. The summed E-state index contributed by atoms with van der Waals surface area (Å²) in [5, 5.41) is 2.15. The van der Waals surface area contributed by atoms with Gasteiger partial charge in [-0.25, -0.2) is 0 Å². The Hall–Kier alpha value is -1.97. The van der Waals surface area contributed by atoms with Gasteiger partial charge in [-0.1, -0.05) is 42.5 Å². The molecule has 0 fully saturated rings. The van der Waals surface area contributed by atoms with Gasteiger partial charge in [0.2, 0.25) is 0 Å². The Balaban J connectivity index is 1.65. The van der Waals surface area contributed by atoms with Crippen molar-refractivity contribution in [1.29, 1.82) is 0 Å². The van der Waals surface area contributed by atoms with E-state index in [2.05, 4.69) is 63.8 Å². The zero-order valence-electron chi connectivity index (χ0n) is 12.6. The van der Waals surface area contributed by atoms with E-state index in [1.807, 2.05) is 29.8 Å². The van der Waals surface area contributed by atoms with Crippen molar-refractivity contribution >= 4 is 11.3 Å². The van der Waals surface area contributed by atoms with Crippen LogP contribution in [0.15, 0.2) is 72.4 Å². The minimum absolute atomic E-state index is 0.943. The van der Waals surface area contributed by atoms with Crippen LogP contribution < -0.4 is 0 Å². The summed E-state index contributed by atoms with van der Waals surface area (Å²) in [6.07, 6.45) is 4.87. The lowest BCUT2D eigenvalue weighted by Crippen LogP contribution is -2.25. The first kappa shape index (κ1) is 14.9. The first-order chi connectivity index (χ1) is 10.9. The molecule has 0 bridgehead atoms. The summed E-state index contributed by atoms with van der Waals surface area (Å²) in [4.78, 5) is 8.14. The predicted octanol–water partition coefficient (Wildman–Crippen LogP) is 4.39. The lowest BCUT2D eigenvalue weighted by atomic mass is 10.1. The van der Waals surface area contributed by atoms with E-state index in [4.69, 9.17) is 0 Å². The summed E-state index contributed by atoms with van der Waals surface area (Å²) in [6.45, 7) is 2.99. The summed E-state index contributed by atoms with van der Waals surface area (Å²) in [6, 6.07) is 19.2. The van der Waals surface area contributed by atoms with Crippen molar-refractivity contribution in [2.24, 2.45) is 0 Å². The SMILES string of the molecule is c1ccc(CCN(Cc2cccnc2)Cc2cccs2)cc1. The van der Waals surface area contributed by atoms with Crippen LogP contribution in [0.3, 0.4) is 0 Å². The lowest BCUT2D eigenvalue weighted by Gasteiger charge is -2.21. The Morgan fingerprint density at radius 2 is 1.73 bits per heavy atom. The summed E-state index contributed by atoms with van der Waals surface area (Å²) < 4.78 is 0. The van der Waals surface area contributed by atoms with E-state index in [-0.39, 0.29) is 0 Å². The molecule has 0 saturated heterocycles. The number of rotatable bonds is 7. The lowest BCUT2D eigenvalue weighted by molar-refractivity contribution is 0.262. The fourth-order valence-corrected chi connectivity index (χ4v) is 3.26. The van der Waals surface area contributed by atoms with Crippen molar-refractivity contribution < 1.29 is 0 Å². The Labute approximate surface area is 136 Å². The Kier molecular flexibility index (Phi) is 5.35. The molecule has 0 radical (unpaired) electrons. The van der Waals surface area contributed by atoms with Gasteiger partial charge in [0.1, 0.15) is 0 Å². The number of nitrogens with zero attached hydrogens (tertiary/aromatic N) is 2. The van der Waals surface area contributed by atoms with Gasteiger partial charge in [-0.2, -0.15) is 0 Å². The topological polar surface area (TPSA) is 16.1 Å². The third-order valence-corrected chi connectivity index (χ3v) is 4.51. The van der Waals surface area contributed by atoms with E-state index >= 15 is 0 Å². The largest absolute Gasteiger partial charge is 0.294 e. The number of thiophene rings is 1. The minimum atomic E-state index is 0.943. The number of benzene rings is 1. The highest BCUT2D eigenvalue weighted by Gasteiger charge is 2.08. The number of hydrogen-bond donors (Lipinski definition) is 0. The smallest absolute Gasteiger partial charge is 0.0331 e. The van der Waals surface area contributed by atoms with Crippen LogP contribution >= 0.6 is 11.3 Å². The Bertz CT molecular complexity index is 650. The summed E-state index contributed by atoms with van der Waals surface area (Å²) in [5.41, 5.74) is 2.66. The molecule has 2 nitrogen and oxygen atoms in total. The molecule has 3 heteroatoms. The maximum atomic E-state index is 4.23. The third-order valence-electron chi connectivity index (χ3n) is 3.65. The van der Waals surface area contributed by atoms with Crippen LogP contribution in [0, 0.1) is 0 Å². The molecule has 0 saturated carbocycles. The van der Waals surface area contributed by atoms with Crippen molar-refractivity contribution in [2.45, 2.75) is 19.5 Å². The highest BCUT2D eigenvalue weighted by molar-refractivity contribution is 7.09.